The van der Waals surface area contributed by atoms with Crippen LogP contribution in [0.4, 0.5) is 0 Å². The molecule has 0 radical (unpaired) electrons. The van der Waals surface area contributed by atoms with Gasteiger partial charge in [0.25, 0.3) is 5.91 Å². The Hall–Kier alpha value is -3.06. The summed E-state index contributed by atoms with van der Waals surface area (Å²) in [5, 5.41) is 12.9. The summed E-state index contributed by atoms with van der Waals surface area (Å²) >= 11 is 0. The van der Waals surface area contributed by atoms with Gasteiger partial charge in [0.05, 0.1) is 12.7 Å². The summed E-state index contributed by atoms with van der Waals surface area (Å²) in [6, 6.07) is 15.2. The van der Waals surface area contributed by atoms with Crippen molar-refractivity contribution in [1.82, 2.24) is 5.32 Å². The van der Waals surface area contributed by atoms with Gasteiger partial charge in [0.1, 0.15) is 11.8 Å². The number of methoxy groups -OCH3 is 1. The average Bonchev–Trinajstić information content (AvgIpc) is 2.59. The van der Waals surface area contributed by atoms with Crippen LogP contribution in [0.2, 0.25) is 0 Å². The van der Waals surface area contributed by atoms with E-state index in [2.05, 4.69) is 17.5 Å². The van der Waals surface area contributed by atoms with Crippen LogP contribution in [0.25, 0.3) is 5.57 Å². The summed E-state index contributed by atoms with van der Waals surface area (Å²) < 4.78 is 5.20. The number of hydrogen-bond donors (Lipinski definition) is 1. The average molecular weight is 362 g/mol. The maximum absolute atomic E-state index is 12.8. The van der Waals surface area contributed by atoms with Crippen molar-refractivity contribution in [3.63, 3.8) is 0 Å². The molecule has 0 atom stereocenters. The van der Waals surface area contributed by atoms with Crippen LogP contribution in [0.5, 0.6) is 5.75 Å². The maximum atomic E-state index is 12.8. The van der Waals surface area contributed by atoms with Gasteiger partial charge in [-0.1, -0.05) is 56.2 Å². The molecule has 0 aliphatic rings. The Labute approximate surface area is 161 Å². The molecule has 0 saturated carbocycles. The number of carbonyl (C=O) groups is 1. The molecule has 0 bridgehead atoms. The third kappa shape index (κ3) is 4.98. The van der Waals surface area contributed by atoms with E-state index in [1.165, 1.54) is 0 Å². The summed E-state index contributed by atoms with van der Waals surface area (Å²) in [5.41, 5.74) is 4.10. The Morgan fingerprint density at radius 1 is 1.04 bits per heavy atom. The number of amides is 1. The Morgan fingerprint density at radius 2 is 1.67 bits per heavy atom. The molecular formula is C23H26N2O2. The zero-order valence-corrected chi connectivity index (χ0v) is 16.8. The highest BCUT2D eigenvalue weighted by atomic mass is 16.5. The third-order valence-electron chi connectivity index (χ3n) is 4.19. The van der Waals surface area contributed by atoms with Gasteiger partial charge >= 0.3 is 0 Å². The molecule has 0 aromatic heterocycles. The smallest absolute Gasteiger partial charge is 0.255 e. The summed E-state index contributed by atoms with van der Waals surface area (Å²) in [4.78, 5) is 12.8. The van der Waals surface area contributed by atoms with E-state index in [-0.39, 0.29) is 5.91 Å². The maximum Gasteiger partial charge on any atom is 0.255 e. The number of nitriles is 1. The third-order valence-corrected chi connectivity index (χ3v) is 4.19. The lowest BCUT2D eigenvalue weighted by atomic mass is 9.86. The highest BCUT2D eigenvalue weighted by Crippen LogP contribution is 2.31. The van der Waals surface area contributed by atoms with Crippen LogP contribution in [-0.2, 0) is 0 Å². The number of hydrogen-bond acceptors (Lipinski definition) is 3. The molecule has 140 valence electrons. The van der Waals surface area contributed by atoms with Crippen molar-refractivity contribution in [1.29, 1.82) is 5.26 Å². The van der Waals surface area contributed by atoms with Crippen molar-refractivity contribution in [3.8, 4) is 11.8 Å². The standard InChI is InChI=1S/C23H26N2O2/c1-15-10-16(2)12-18(11-15)20(14-24)21(23(3,4)5)25-22(26)17-8-7-9-19(13-17)27-6/h7-13H,1-6H3,(H,25,26)/b21-20-. The second kappa shape index (κ2) is 8.09. The first-order chi connectivity index (χ1) is 12.7. The van der Waals surface area contributed by atoms with Crippen LogP contribution in [-0.4, -0.2) is 13.0 Å². The summed E-state index contributed by atoms with van der Waals surface area (Å²) in [5.74, 6) is 0.342. The molecule has 0 saturated heterocycles. The molecular weight excluding hydrogens is 336 g/mol. The molecule has 1 amide bonds. The Balaban J connectivity index is 2.54. The van der Waals surface area contributed by atoms with E-state index in [4.69, 9.17) is 4.74 Å². The molecule has 0 fully saturated rings. The van der Waals surface area contributed by atoms with Crippen LogP contribution in [0.3, 0.4) is 0 Å². The van der Waals surface area contributed by atoms with Crippen LogP contribution in [0.15, 0.2) is 48.2 Å². The first-order valence-electron chi connectivity index (χ1n) is 8.84. The van der Waals surface area contributed by atoms with Crippen molar-refractivity contribution in [2.45, 2.75) is 34.6 Å². The van der Waals surface area contributed by atoms with Crippen molar-refractivity contribution < 1.29 is 9.53 Å². The lowest BCUT2D eigenvalue weighted by molar-refractivity contribution is 0.0957. The zero-order chi connectivity index (χ0) is 20.2. The number of nitrogens with zero attached hydrogens (tertiary/aromatic N) is 1. The monoisotopic (exact) mass is 362 g/mol. The van der Waals surface area contributed by atoms with Crippen molar-refractivity contribution in [2.24, 2.45) is 5.41 Å². The van der Waals surface area contributed by atoms with Gasteiger partial charge in [-0.2, -0.15) is 5.26 Å². The molecule has 0 heterocycles. The minimum absolute atomic E-state index is 0.268. The van der Waals surface area contributed by atoms with Gasteiger partial charge in [0.15, 0.2) is 0 Å². The molecule has 2 aromatic carbocycles. The second-order valence-corrected chi connectivity index (χ2v) is 7.67. The molecule has 0 unspecified atom stereocenters. The number of nitrogens with one attached hydrogen (secondary N) is 1. The molecule has 4 nitrogen and oxygen atoms in total. The van der Waals surface area contributed by atoms with Crippen molar-refractivity contribution in [3.05, 3.63) is 70.4 Å². The first kappa shape index (κ1) is 20.3. The Kier molecular flexibility index (Phi) is 6.07. The fraction of sp³-hybridized carbons (Fsp3) is 0.304. The normalized spacial score (nSPS) is 12.0. The van der Waals surface area contributed by atoms with E-state index in [9.17, 15) is 10.1 Å². The highest BCUT2D eigenvalue weighted by molar-refractivity contribution is 5.97. The van der Waals surface area contributed by atoms with Gasteiger partial charge in [0, 0.05) is 16.7 Å². The van der Waals surface area contributed by atoms with Crippen molar-refractivity contribution in [2.75, 3.05) is 7.11 Å². The van der Waals surface area contributed by atoms with Gasteiger partial charge in [0.2, 0.25) is 0 Å². The molecule has 0 spiro atoms. The summed E-state index contributed by atoms with van der Waals surface area (Å²) in [7, 11) is 1.56. The number of allylic oxidation sites excluding steroid dienone is 2. The SMILES string of the molecule is COc1cccc(C(=O)N/C(=C(/C#N)c2cc(C)cc(C)c2)C(C)(C)C)c1. The van der Waals surface area contributed by atoms with Crippen LogP contribution < -0.4 is 10.1 Å². The number of rotatable bonds is 4. The van der Waals surface area contributed by atoms with Gasteiger partial charge in [-0.3, -0.25) is 4.79 Å². The Bertz CT molecular complexity index is 908. The highest BCUT2D eigenvalue weighted by Gasteiger charge is 2.25. The fourth-order valence-corrected chi connectivity index (χ4v) is 2.96. The van der Waals surface area contributed by atoms with Crippen LogP contribution in [0, 0.1) is 30.6 Å². The largest absolute Gasteiger partial charge is 0.497 e. The molecule has 1 N–H and O–H groups in total. The second-order valence-electron chi connectivity index (χ2n) is 7.67. The lowest BCUT2D eigenvalue weighted by Gasteiger charge is -2.26. The van der Waals surface area contributed by atoms with E-state index < -0.39 is 5.41 Å². The van der Waals surface area contributed by atoms with Crippen LogP contribution >= 0.6 is 0 Å². The molecule has 2 aromatic rings. The van der Waals surface area contributed by atoms with Crippen LogP contribution in [0.1, 0.15) is 47.8 Å². The van der Waals surface area contributed by atoms with E-state index >= 15 is 0 Å². The van der Waals surface area contributed by atoms with Gasteiger partial charge < -0.3 is 10.1 Å². The number of benzene rings is 2. The predicted molar refractivity (Wildman–Crippen MR) is 108 cm³/mol. The van der Waals surface area contributed by atoms with E-state index in [0.717, 1.165) is 16.7 Å². The molecule has 0 aliphatic carbocycles. The van der Waals surface area contributed by atoms with E-state index in [1.54, 1.807) is 31.4 Å². The minimum atomic E-state index is -0.419. The molecule has 2 rings (SSSR count). The topological polar surface area (TPSA) is 62.1 Å². The number of aryl methyl sites for hydroxylation is 2. The summed E-state index contributed by atoms with van der Waals surface area (Å²) in [6.07, 6.45) is 0. The summed E-state index contributed by atoms with van der Waals surface area (Å²) in [6.45, 7) is 9.94. The minimum Gasteiger partial charge on any atom is -0.497 e. The Morgan fingerprint density at radius 3 is 2.19 bits per heavy atom. The van der Waals surface area contributed by atoms with Crippen molar-refractivity contribution >= 4 is 11.5 Å². The zero-order valence-electron chi connectivity index (χ0n) is 16.8. The van der Waals surface area contributed by atoms with Gasteiger partial charge in [-0.05, 0) is 37.6 Å². The van der Waals surface area contributed by atoms with Gasteiger partial charge in [-0.15, -0.1) is 0 Å². The van der Waals surface area contributed by atoms with E-state index in [0.29, 0.717) is 22.6 Å². The molecule has 27 heavy (non-hydrogen) atoms. The predicted octanol–water partition coefficient (Wildman–Crippen LogP) is 5.02. The lowest BCUT2D eigenvalue weighted by Crippen LogP contribution is -2.31. The fourth-order valence-electron chi connectivity index (χ4n) is 2.96. The van der Waals surface area contributed by atoms with Gasteiger partial charge in [-0.25, -0.2) is 0 Å². The number of carbonyl (C=O) groups excluding carboxylic acids is 1. The number of ether oxygens (including phenoxy) is 1. The quantitative estimate of drug-likeness (QED) is 0.777. The molecule has 0 aliphatic heterocycles. The molecule has 4 heteroatoms. The van der Waals surface area contributed by atoms with E-state index in [1.807, 2.05) is 46.8 Å². The first-order valence-corrected chi connectivity index (χ1v) is 8.84.